The molecule has 1 aliphatic rings. The summed E-state index contributed by atoms with van der Waals surface area (Å²) in [6.45, 7) is 7.59. The smallest absolute Gasteiger partial charge is 0.337 e. The third kappa shape index (κ3) is 4.37. The highest BCUT2D eigenvalue weighted by atomic mass is 28.4. The van der Waals surface area contributed by atoms with Gasteiger partial charge in [0.25, 0.3) is 0 Å². The van der Waals surface area contributed by atoms with Crippen LogP contribution in [0.5, 0.6) is 0 Å². The van der Waals surface area contributed by atoms with Crippen LogP contribution in [0.2, 0.25) is 12.1 Å². The van der Waals surface area contributed by atoms with Crippen molar-refractivity contribution in [3.63, 3.8) is 0 Å². The molecular weight excluding hydrogens is 196 g/mol. The molecule has 0 aromatic carbocycles. The van der Waals surface area contributed by atoms with Crippen LogP contribution in [0.3, 0.4) is 0 Å². The van der Waals surface area contributed by atoms with Gasteiger partial charge in [0.1, 0.15) is 0 Å². The van der Waals surface area contributed by atoms with Gasteiger partial charge in [0, 0.05) is 19.3 Å². The molecule has 0 aromatic rings. The Morgan fingerprint density at radius 1 is 1.57 bits per heavy atom. The predicted molar refractivity (Wildman–Crippen MR) is 58.4 cm³/mol. The third-order valence-electron chi connectivity index (χ3n) is 2.32. The molecule has 0 aromatic heterocycles. The Balaban J connectivity index is 2.12. The van der Waals surface area contributed by atoms with Gasteiger partial charge in [0.2, 0.25) is 0 Å². The second-order valence-electron chi connectivity index (χ2n) is 4.01. The summed E-state index contributed by atoms with van der Waals surface area (Å²) < 4.78 is 10.8. The summed E-state index contributed by atoms with van der Waals surface area (Å²) in [5, 5.41) is 0. The molecule has 1 rings (SSSR count). The third-order valence-corrected chi connectivity index (χ3v) is 5.18. The van der Waals surface area contributed by atoms with Crippen molar-refractivity contribution >= 4 is 8.56 Å². The van der Waals surface area contributed by atoms with Crippen molar-refractivity contribution in [3.05, 3.63) is 12.2 Å². The fourth-order valence-corrected chi connectivity index (χ4v) is 3.84. The number of rotatable bonds is 5. The van der Waals surface area contributed by atoms with Crippen LogP contribution < -0.4 is 0 Å². The van der Waals surface area contributed by atoms with E-state index in [0.29, 0.717) is 19.3 Å². The van der Waals surface area contributed by atoms with E-state index in [1.165, 1.54) is 0 Å². The van der Waals surface area contributed by atoms with Crippen molar-refractivity contribution < 1.29 is 14.0 Å². The lowest BCUT2D eigenvalue weighted by molar-refractivity contribution is 0.147. The minimum atomic E-state index is -2.36. The molecule has 0 radical (unpaired) electrons. The van der Waals surface area contributed by atoms with Gasteiger partial charge in [-0.05, 0) is 25.8 Å². The fourth-order valence-electron chi connectivity index (χ4n) is 1.51. The average molecular weight is 216 g/mol. The van der Waals surface area contributed by atoms with Gasteiger partial charge in [0.05, 0.1) is 6.61 Å². The van der Waals surface area contributed by atoms with Crippen molar-refractivity contribution in [2.75, 3.05) is 19.8 Å². The van der Waals surface area contributed by atoms with E-state index in [0.717, 1.165) is 31.1 Å². The molecule has 1 aliphatic heterocycles. The van der Waals surface area contributed by atoms with Crippen LogP contribution in [-0.4, -0.2) is 33.2 Å². The summed E-state index contributed by atoms with van der Waals surface area (Å²) in [6, 6.07) is 1.56. The van der Waals surface area contributed by atoms with Gasteiger partial charge in [-0.3, -0.25) is 0 Å². The van der Waals surface area contributed by atoms with Gasteiger partial charge in [-0.1, -0.05) is 12.2 Å². The van der Waals surface area contributed by atoms with Crippen molar-refractivity contribution in [1.82, 2.24) is 0 Å². The van der Waals surface area contributed by atoms with Gasteiger partial charge in [-0.2, -0.15) is 0 Å². The highest BCUT2D eigenvalue weighted by Crippen LogP contribution is 2.22. The van der Waals surface area contributed by atoms with Crippen molar-refractivity contribution in [2.45, 2.75) is 31.9 Å². The molecule has 1 unspecified atom stereocenters. The molecular formula is C10H20O3Si. The predicted octanol–water partition coefficient (Wildman–Crippen LogP) is 1.82. The zero-order chi connectivity index (χ0) is 10.4. The van der Waals surface area contributed by atoms with Gasteiger partial charge >= 0.3 is 8.56 Å². The second-order valence-corrected chi connectivity index (χ2v) is 7.19. The van der Waals surface area contributed by atoms with Crippen LogP contribution >= 0.6 is 0 Å². The molecule has 1 N–H and O–H groups in total. The first-order valence-corrected chi connectivity index (χ1v) is 7.48. The quantitative estimate of drug-likeness (QED) is 0.433. The summed E-state index contributed by atoms with van der Waals surface area (Å²) in [6.07, 6.45) is 2.19. The van der Waals surface area contributed by atoms with Crippen molar-refractivity contribution in [2.24, 2.45) is 0 Å². The van der Waals surface area contributed by atoms with Gasteiger partial charge < -0.3 is 14.0 Å². The van der Waals surface area contributed by atoms with Crippen molar-refractivity contribution in [1.29, 1.82) is 0 Å². The SMILES string of the molecule is C=C(C)COCC[Si]1(O)CCCCO1. The van der Waals surface area contributed by atoms with Crippen LogP contribution in [0, 0.1) is 0 Å². The molecule has 14 heavy (non-hydrogen) atoms. The van der Waals surface area contributed by atoms with Crippen LogP contribution in [0.25, 0.3) is 0 Å². The Morgan fingerprint density at radius 2 is 2.36 bits per heavy atom. The molecule has 1 saturated heterocycles. The monoisotopic (exact) mass is 216 g/mol. The lowest BCUT2D eigenvalue weighted by Gasteiger charge is -2.28. The number of ether oxygens (including phenoxy) is 1. The molecule has 4 heteroatoms. The van der Waals surface area contributed by atoms with E-state index in [-0.39, 0.29) is 0 Å². The standard InChI is InChI=1S/C10H20O3Si/c1-10(2)9-12-6-8-14(11)7-4-3-5-13-14/h11H,1,3-9H2,2H3. The summed E-state index contributed by atoms with van der Waals surface area (Å²) in [7, 11) is -2.36. The molecule has 3 nitrogen and oxygen atoms in total. The zero-order valence-corrected chi connectivity index (χ0v) is 9.92. The van der Waals surface area contributed by atoms with Gasteiger partial charge in [-0.15, -0.1) is 0 Å². The minimum Gasteiger partial charge on any atom is -0.410 e. The van der Waals surface area contributed by atoms with E-state index < -0.39 is 8.56 Å². The van der Waals surface area contributed by atoms with Crippen LogP contribution in [0.15, 0.2) is 12.2 Å². The Bertz CT molecular complexity index is 188. The Hall–Kier alpha value is -0.163. The normalized spacial score (nSPS) is 27.6. The molecule has 0 spiro atoms. The molecule has 1 heterocycles. The molecule has 0 bridgehead atoms. The van der Waals surface area contributed by atoms with E-state index >= 15 is 0 Å². The van der Waals surface area contributed by atoms with E-state index in [1.807, 2.05) is 6.92 Å². The summed E-state index contributed by atoms with van der Waals surface area (Å²) in [4.78, 5) is 10.1. The minimum absolute atomic E-state index is 0.588. The maximum atomic E-state index is 10.1. The summed E-state index contributed by atoms with van der Waals surface area (Å²) >= 11 is 0. The maximum absolute atomic E-state index is 10.1. The van der Waals surface area contributed by atoms with Gasteiger partial charge in [-0.25, -0.2) is 0 Å². The first-order chi connectivity index (χ1) is 6.62. The van der Waals surface area contributed by atoms with Gasteiger partial charge in [0.15, 0.2) is 0 Å². The van der Waals surface area contributed by atoms with Crippen LogP contribution in [0.1, 0.15) is 19.8 Å². The highest BCUT2D eigenvalue weighted by Gasteiger charge is 2.34. The molecule has 82 valence electrons. The first-order valence-electron chi connectivity index (χ1n) is 5.21. The summed E-state index contributed by atoms with van der Waals surface area (Å²) in [5.74, 6) is 0. The van der Waals surface area contributed by atoms with E-state index in [9.17, 15) is 4.80 Å². The first kappa shape index (κ1) is 11.9. The highest BCUT2D eigenvalue weighted by molar-refractivity contribution is 6.66. The Labute approximate surface area is 87.0 Å². The fraction of sp³-hybridized carbons (Fsp3) is 0.800. The number of hydrogen-bond donors (Lipinski definition) is 1. The molecule has 0 aliphatic carbocycles. The molecule has 1 atom stereocenters. The lowest BCUT2D eigenvalue weighted by Crippen LogP contribution is -2.42. The average Bonchev–Trinajstić information content (AvgIpc) is 2.14. The maximum Gasteiger partial charge on any atom is 0.337 e. The Kier molecular flexibility index (Phi) is 4.81. The molecule has 1 fully saturated rings. The largest absolute Gasteiger partial charge is 0.410 e. The van der Waals surface area contributed by atoms with Crippen LogP contribution in [-0.2, 0) is 9.16 Å². The van der Waals surface area contributed by atoms with E-state index in [4.69, 9.17) is 9.16 Å². The summed E-state index contributed by atoms with van der Waals surface area (Å²) in [5.41, 5.74) is 1.02. The van der Waals surface area contributed by atoms with E-state index in [1.54, 1.807) is 0 Å². The molecule has 0 amide bonds. The molecule has 0 saturated carbocycles. The zero-order valence-electron chi connectivity index (χ0n) is 8.92. The lowest BCUT2D eigenvalue weighted by atomic mass is 10.4. The second kappa shape index (κ2) is 5.65. The number of hydrogen-bond acceptors (Lipinski definition) is 3. The van der Waals surface area contributed by atoms with Crippen LogP contribution in [0.4, 0.5) is 0 Å². The van der Waals surface area contributed by atoms with Crippen molar-refractivity contribution in [3.8, 4) is 0 Å². The Morgan fingerprint density at radius 3 is 2.93 bits per heavy atom. The topological polar surface area (TPSA) is 38.7 Å². The van der Waals surface area contributed by atoms with E-state index in [2.05, 4.69) is 6.58 Å².